The monoisotopic (exact) mass is 286 g/mol. The van der Waals surface area contributed by atoms with Crippen molar-refractivity contribution in [2.45, 2.75) is 12.5 Å². The molecule has 0 radical (unpaired) electrons. The summed E-state index contributed by atoms with van der Waals surface area (Å²) in [5.74, 6) is -1.93. The quantitative estimate of drug-likeness (QED) is 0.805. The number of ether oxygens (including phenoxy) is 1. The minimum absolute atomic E-state index is 0.0666. The Hall–Kier alpha value is -1.53. The van der Waals surface area contributed by atoms with Gasteiger partial charge in [-0.15, -0.1) is 0 Å². The maximum Gasteiger partial charge on any atom is 0.330 e. The first-order valence-corrected chi connectivity index (χ1v) is 6.25. The van der Waals surface area contributed by atoms with Crippen molar-refractivity contribution in [1.82, 2.24) is 10.2 Å². The zero-order valence-electron chi connectivity index (χ0n) is 12.2. The van der Waals surface area contributed by atoms with Crippen molar-refractivity contribution >= 4 is 5.97 Å². The molecule has 1 aromatic rings. The summed E-state index contributed by atoms with van der Waals surface area (Å²) < 4.78 is 32.0. The summed E-state index contributed by atoms with van der Waals surface area (Å²) in [5.41, 5.74) is -1.50. The van der Waals surface area contributed by atoms with Crippen LogP contribution < -0.4 is 5.32 Å². The number of methoxy groups -OCH3 is 1. The summed E-state index contributed by atoms with van der Waals surface area (Å²) in [6, 6.07) is 3.02. The topological polar surface area (TPSA) is 41.6 Å². The molecule has 0 spiro atoms. The lowest BCUT2D eigenvalue weighted by Crippen LogP contribution is -2.50. The maximum atomic E-state index is 13.9. The first-order valence-electron chi connectivity index (χ1n) is 6.25. The van der Waals surface area contributed by atoms with Gasteiger partial charge in [-0.3, -0.25) is 5.32 Å². The molecular weight excluding hydrogens is 266 g/mol. The molecule has 0 heterocycles. The number of hydrogen-bond donors (Lipinski definition) is 1. The molecule has 1 aromatic carbocycles. The Morgan fingerprint density at radius 2 is 2.05 bits per heavy atom. The van der Waals surface area contributed by atoms with E-state index in [1.165, 1.54) is 14.0 Å². The van der Waals surface area contributed by atoms with Gasteiger partial charge >= 0.3 is 5.97 Å². The van der Waals surface area contributed by atoms with Crippen LogP contribution in [-0.4, -0.2) is 45.2 Å². The zero-order valence-corrected chi connectivity index (χ0v) is 12.2. The Kier molecular flexibility index (Phi) is 5.59. The van der Waals surface area contributed by atoms with Crippen LogP contribution in [0.15, 0.2) is 18.2 Å². The second-order valence-corrected chi connectivity index (χ2v) is 4.97. The lowest BCUT2D eigenvalue weighted by Gasteiger charge is -2.29. The van der Waals surface area contributed by atoms with Gasteiger partial charge in [0.15, 0.2) is 0 Å². The number of nitrogens with one attached hydrogen (secondary N) is 1. The summed E-state index contributed by atoms with van der Waals surface area (Å²) in [4.78, 5) is 13.9. The molecule has 0 aromatic heterocycles. The molecule has 0 aliphatic rings. The zero-order chi connectivity index (χ0) is 15.3. The summed E-state index contributed by atoms with van der Waals surface area (Å²) in [7, 11) is 4.96. The molecule has 0 amide bonds. The van der Waals surface area contributed by atoms with Gasteiger partial charge in [0.2, 0.25) is 0 Å². The van der Waals surface area contributed by atoms with Crippen LogP contribution in [0.4, 0.5) is 8.78 Å². The largest absolute Gasteiger partial charge is 0.467 e. The number of nitrogens with zero attached hydrogens (tertiary/aromatic N) is 1. The van der Waals surface area contributed by atoms with Crippen LogP contribution in [0.1, 0.15) is 12.5 Å². The fourth-order valence-corrected chi connectivity index (χ4v) is 1.89. The highest BCUT2D eigenvalue weighted by Crippen LogP contribution is 2.26. The lowest BCUT2D eigenvalue weighted by molar-refractivity contribution is -0.148. The van der Waals surface area contributed by atoms with Crippen LogP contribution >= 0.6 is 0 Å². The van der Waals surface area contributed by atoms with Crippen molar-refractivity contribution in [2.75, 3.05) is 34.3 Å². The smallest absolute Gasteiger partial charge is 0.330 e. The molecule has 0 aliphatic carbocycles. The van der Waals surface area contributed by atoms with Crippen molar-refractivity contribution in [3.8, 4) is 0 Å². The van der Waals surface area contributed by atoms with Gasteiger partial charge in [0.1, 0.15) is 17.2 Å². The van der Waals surface area contributed by atoms with Crippen molar-refractivity contribution in [3.05, 3.63) is 35.4 Å². The van der Waals surface area contributed by atoms with E-state index < -0.39 is 23.1 Å². The Morgan fingerprint density at radius 1 is 1.40 bits per heavy atom. The van der Waals surface area contributed by atoms with Crippen LogP contribution in [0.3, 0.4) is 0 Å². The van der Waals surface area contributed by atoms with Gasteiger partial charge in [0.05, 0.1) is 7.11 Å². The predicted molar refractivity (Wildman–Crippen MR) is 72.3 cm³/mol. The van der Waals surface area contributed by atoms with E-state index in [1.807, 2.05) is 19.0 Å². The predicted octanol–water partition coefficient (Wildman–Crippen LogP) is 1.50. The minimum atomic E-state index is -1.43. The minimum Gasteiger partial charge on any atom is -0.467 e. The third-order valence-electron chi connectivity index (χ3n) is 3.10. The molecule has 4 nitrogen and oxygen atoms in total. The average Bonchev–Trinajstić information content (AvgIpc) is 2.39. The standard InChI is InChI=1S/C14H20F2N2O2/c1-14(13(19)20-4,17-7-8-18(2)3)11-9-10(15)5-6-12(11)16/h5-6,9,17H,7-8H2,1-4H3. The first-order chi connectivity index (χ1) is 9.31. The first kappa shape index (κ1) is 16.5. The molecule has 6 heteroatoms. The Morgan fingerprint density at radius 3 is 2.60 bits per heavy atom. The number of carbonyl (C=O) groups excluding carboxylic acids is 1. The maximum absolute atomic E-state index is 13.9. The highest BCUT2D eigenvalue weighted by atomic mass is 19.1. The van der Waals surface area contributed by atoms with Gasteiger partial charge in [0, 0.05) is 18.7 Å². The van der Waals surface area contributed by atoms with E-state index in [0.717, 1.165) is 18.2 Å². The SMILES string of the molecule is COC(=O)C(C)(NCCN(C)C)c1cc(F)ccc1F. The summed E-state index contributed by atoms with van der Waals surface area (Å²) in [5, 5.41) is 2.94. The van der Waals surface area contributed by atoms with E-state index in [-0.39, 0.29) is 5.56 Å². The van der Waals surface area contributed by atoms with Gasteiger partial charge in [-0.25, -0.2) is 13.6 Å². The van der Waals surface area contributed by atoms with Crippen molar-refractivity contribution in [3.63, 3.8) is 0 Å². The summed E-state index contributed by atoms with van der Waals surface area (Å²) >= 11 is 0. The molecular formula is C14H20F2N2O2. The molecule has 0 saturated heterocycles. The molecule has 1 N–H and O–H groups in total. The summed E-state index contributed by atoms with van der Waals surface area (Å²) in [6.07, 6.45) is 0. The van der Waals surface area contributed by atoms with Crippen molar-refractivity contribution in [1.29, 1.82) is 0 Å². The van der Waals surface area contributed by atoms with Gasteiger partial charge in [-0.05, 0) is 39.2 Å². The van der Waals surface area contributed by atoms with Crippen LogP contribution in [0, 0.1) is 11.6 Å². The van der Waals surface area contributed by atoms with E-state index in [9.17, 15) is 13.6 Å². The number of carbonyl (C=O) groups is 1. The van der Waals surface area contributed by atoms with E-state index >= 15 is 0 Å². The number of halogens is 2. The number of rotatable bonds is 6. The molecule has 1 atom stereocenters. The Balaban J connectivity index is 3.10. The number of esters is 1. The van der Waals surface area contributed by atoms with E-state index in [1.54, 1.807) is 0 Å². The molecule has 20 heavy (non-hydrogen) atoms. The second-order valence-electron chi connectivity index (χ2n) is 4.97. The van der Waals surface area contributed by atoms with Gasteiger partial charge in [-0.1, -0.05) is 0 Å². The molecule has 0 aliphatic heterocycles. The van der Waals surface area contributed by atoms with Crippen LogP contribution in [0.2, 0.25) is 0 Å². The molecule has 0 fully saturated rings. The van der Waals surface area contributed by atoms with Gasteiger partial charge < -0.3 is 9.64 Å². The molecule has 112 valence electrons. The van der Waals surface area contributed by atoms with Crippen molar-refractivity contribution < 1.29 is 18.3 Å². The summed E-state index contributed by atoms with van der Waals surface area (Å²) in [6.45, 7) is 2.55. The third kappa shape index (κ3) is 3.74. The molecule has 0 saturated carbocycles. The fraction of sp³-hybridized carbons (Fsp3) is 0.500. The highest BCUT2D eigenvalue weighted by Gasteiger charge is 2.38. The molecule has 1 rings (SSSR count). The Labute approximate surface area is 117 Å². The fourth-order valence-electron chi connectivity index (χ4n) is 1.89. The van der Waals surface area contributed by atoms with E-state index in [2.05, 4.69) is 5.32 Å². The second kappa shape index (κ2) is 6.76. The molecule has 1 unspecified atom stereocenters. The Bertz CT molecular complexity index is 480. The van der Waals surface area contributed by atoms with Crippen LogP contribution in [0.25, 0.3) is 0 Å². The highest BCUT2D eigenvalue weighted by molar-refractivity contribution is 5.82. The van der Waals surface area contributed by atoms with Gasteiger partial charge in [0.25, 0.3) is 0 Å². The van der Waals surface area contributed by atoms with Crippen LogP contribution in [-0.2, 0) is 15.1 Å². The van der Waals surface area contributed by atoms with E-state index in [4.69, 9.17) is 4.74 Å². The van der Waals surface area contributed by atoms with E-state index in [0.29, 0.717) is 13.1 Å². The average molecular weight is 286 g/mol. The van der Waals surface area contributed by atoms with Crippen molar-refractivity contribution in [2.24, 2.45) is 0 Å². The normalized spacial score (nSPS) is 14.2. The van der Waals surface area contributed by atoms with Crippen LogP contribution in [0.5, 0.6) is 0 Å². The number of benzene rings is 1. The third-order valence-corrected chi connectivity index (χ3v) is 3.10. The number of likely N-dealkylation sites (N-methyl/N-ethyl adjacent to an activating group) is 1. The molecule has 0 bridgehead atoms. The lowest BCUT2D eigenvalue weighted by atomic mass is 9.91. The van der Waals surface area contributed by atoms with Gasteiger partial charge in [-0.2, -0.15) is 0 Å². The number of hydrogen-bond acceptors (Lipinski definition) is 4.